The molecule has 1 unspecified atom stereocenters. The molecule has 4 nitrogen and oxygen atoms in total. The van der Waals surface area contributed by atoms with E-state index in [-0.39, 0.29) is 6.10 Å². The monoisotopic (exact) mass is 229 g/mol. The smallest absolute Gasteiger partial charge is 0.334 e. The van der Waals surface area contributed by atoms with Gasteiger partial charge in [-0.3, -0.25) is 0 Å². The lowest BCUT2D eigenvalue weighted by Gasteiger charge is -2.22. The minimum atomic E-state index is -0.401. The Morgan fingerprint density at radius 3 is 2.71 bits per heavy atom. The fourth-order valence-electron chi connectivity index (χ4n) is 1.69. The molecule has 0 aromatic heterocycles. The van der Waals surface area contributed by atoms with Crippen LogP contribution in [0, 0.1) is 11.3 Å². The van der Waals surface area contributed by atoms with Crippen molar-refractivity contribution >= 4 is 5.97 Å². The van der Waals surface area contributed by atoms with E-state index >= 15 is 0 Å². The maximum Gasteiger partial charge on any atom is 0.334 e. The number of carbonyl (C=O) groups is 1. The van der Waals surface area contributed by atoms with Gasteiger partial charge in [0.15, 0.2) is 0 Å². The van der Waals surface area contributed by atoms with E-state index in [0.717, 1.165) is 5.56 Å². The van der Waals surface area contributed by atoms with Gasteiger partial charge in [-0.25, -0.2) is 4.79 Å². The van der Waals surface area contributed by atoms with E-state index in [2.05, 4.69) is 0 Å². The van der Waals surface area contributed by atoms with Gasteiger partial charge in [0.05, 0.1) is 24.8 Å². The van der Waals surface area contributed by atoms with Crippen LogP contribution in [-0.4, -0.2) is 13.1 Å². The summed E-state index contributed by atoms with van der Waals surface area (Å²) >= 11 is 0. The number of cyclic esters (lactones) is 1. The third kappa shape index (κ3) is 2.45. The summed E-state index contributed by atoms with van der Waals surface area (Å²) in [5.74, 6) is 0.207. The molecule has 1 aliphatic heterocycles. The minimum absolute atomic E-state index is 0.338. The maximum absolute atomic E-state index is 11.3. The van der Waals surface area contributed by atoms with E-state index in [4.69, 9.17) is 14.7 Å². The number of carbonyl (C=O) groups excluding carboxylic acids is 1. The van der Waals surface area contributed by atoms with Crippen molar-refractivity contribution in [2.75, 3.05) is 7.11 Å². The molecule has 0 saturated heterocycles. The van der Waals surface area contributed by atoms with Gasteiger partial charge >= 0.3 is 5.97 Å². The Hall–Kier alpha value is -2.28. The Kier molecular flexibility index (Phi) is 3.10. The van der Waals surface area contributed by atoms with Crippen LogP contribution in [0.3, 0.4) is 0 Å². The fourth-order valence-corrected chi connectivity index (χ4v) is 1.69. The first-order valence-electron chi connectivity index (χ1n) is 5.18. The van der Waals surface area contributed by atoms with Crippen molar-refractivity contribution in [3.8, 4) is 6.07 Å². The molecule has 1 aromatic rings. The lowest BCUT2D eigenvalue weighted by atomic mass is 10.0. The van der Waals surface area contributed by atoms with Gasteiger partial charge < -0.3 is 9.47 Å². The third-order valence-electron chi connectivity index (χ3n) is 2.60. The molecule has 1 aromatic carbocycles. The number of benzene rings is 1. The normalized spacial score (nSPS) is 18.9. The van der Waals surface area contributed by atoms with Gasteiger partial charge in [-0.15, -0.1) is 0 Å². The standard InChI is InChI=1S/C13H11NO3/c1-16-11-6-12(17-13(15)7-11)10-4-2-9(8-14)3-5-10/h2-5,7,12H,6H2,1H3. The van der Waals surface area contributed by atoms with Gasteiger partial charge in [0.2, 0.25) is 0 Å². The van der Waals surface area contributed by atoms with Crippen LogP contribution < -0.4 is 0 Å². The number of hydrogen-bond donors (Lipinski definition) is 0. The summed E-state index contributed by atoms with van der Waals surface area (Å²) in [5, 5.41) is 8.70. The molecule has 0 spiro atoms. The Labute approximate surface area is 99.1 Å². The molecule has 0 saturated carbocycles. The zero-order valence-corrected chi connectivity index (χ0v) is 9.34. The number of hydrogen-bond acceptors (Lipinski definition) is 4. The second-order valence-electron chi connectivity index (χ2n) is 3.68. The second-order valence-corrected chi connectivity index (χ2v) is 3.68. The van der Waals surface area contributed by atoms with Crippen LogP contribution in [0.5, 0.6) is 0 Å². The Bertz CT molecular complexity index is 496. The summed E-state index contributed by atoms with van der Waals surface area (Å²) in [6.07, 6.45) is 1.53. The molecular weight excluding hydrogens is 218 g/mol. The molecule has 0 N–H and O–H groups in total. The number of methoxy groups -OCH3 is 1. The van der Waals surface area contributed by atoms with Crippen LogP contribution in [0.2, 0.25) is 0 Å². The van der Waals surface area contributed by atoms with Crippen molar-refractivity contribution in [2.24, 2.45) is 0 Å². The third-order valence-corrected chi connectivity index (χ3v) is 2.60. The Balaban J connectivity index is 2.21. The van der Waals surface area contributed by atoms with Crippen molar-refractivity contribution in [1.29, 1.82) is 5.26 Å². The summed E-state index contributed by atoms with van der Waals surface area (Å²) in [4.78, 5) is 11.3. The molecular formula is C13H11NO3. The molecule has 1 atom stereocenters. The average Bonchev–Trinajstić information content (AvgIpc) is 2.38. The van der Waals surface area contributed by atoms with E-state index in [1.807, 2.05) is 6.07 Å². The first-order valence-corrected chi connectivity index (χ1v) is 5.18. The number of nitrogens with zero attached hydrogens (tertiary/aromatic N) is 1. The van der Waals surface area contributed by atoms with Crippen LogP contribution in [-0.2, 0) is 14.3 Å². The van der Waals surface area contributed by atoms with Gasteiger partial charge in [0, 0.05) is 6.42 Å². The van der Waals surface area contributed by atoms with E-state index in [0.29, 0.717) is 17.7 Å². The number of esters is 1. The molecule has 2 rings (SSSR count). The number of ether oxygens (including phenoxy) is 2. The van der Waals surface area contributed by atoms with Crippen molar-refractivity contribution < 1.29 is 14.3 Å². The summed E-state index contributed by atoms with van der Waals surface area (Å²) in [5.41, 5.74) is 1.44. The van der Waals surface area contributed by atoms with Gasteiger partial charge in [-0.05, 0) is 17.7 Å². The maximum atomic E-state index is 11.3. The minimum Gasteiger partial charge on any atom is -0.501 e. The summed E-state index contributed by atoms with van der Waals surface area (Å²) in [6.45, 7) is 0. The van der Waals surface area contributed by atoms with Crippen molar-refractivity contribution in [2.45, 2.75) is 12.5 Å². The first kappa shape index (κ1) is 11.2. The van der Waals surface area contributed by atoms with Crippen LogP contribution in [0.1, 0.15) is 23.7 Å². The molecule has 86 valence electrons. The van der Waals surface area contributed by atoms with Crippen molar-refractivity contribution in [3.63, 3.8) is 0 Å². The molecule has 0 fully saturated rings. The van der Waals surface area contributed by atoms with Gasteiger partial charge in [-0.1, -0.05) is 12.1 Å². The highest BCUT2D eigenvalue weighted by Gasteiger charge is 2.23. The van der Waals surface area contributed by atoms with Crippen LogP contribution in [0.25, 0.3) is 0 Å². The van der Waals surface area contributed by atoms with Gasteiger partial charge in [0.1, 0.15) is 11.9 Å². The topological polar surface area (TPSA) is 59.3 Å². The van der Waals surface area contributed by atoms with Gasteiger partial charge in [-0.2, -0.15) is 5.26 Å². The Morgan fingerprint density at radius 1 is 1.41 bits per heavy atom. The molecule has 4 heteroatoms. The SMILES string of the molecule is COC1=CC(=O)OC(c2ccc(C#N)cc2)C1. The fraction of sp³-hybridized carbons (Fsp3) is 0.231. The highest BCUT2D eigenvalue weighted by molar-refractivity contribution is 5.83. The molecule has 1 heterocycles. The molecule has 1 aliphatic rings. The lowest BCUT2D eigenvalue weighted by Crippen LogP contribution is -2.16. The van der Waals surface area contributed by atoms with Crippen LogP contribution in [0.15, 0.2) is 36.1 Å². The number of nitriles is 1. The summed E-state index contributed by atoms with van der Waals surface area (Å²) in [6, 6.07) is 9.02. The molecule has 0 aliphatic carbocycles. The molecule has 0 amide bonds. The zero-order valence-electron chi connectivity index (χ0n) is 9.34. The van der Waals surface area contributed by atoms with Crippen molar-refractivity contribution in [3.05, 3.63) is 47.2 Å². The van der Waals surface area contributed by atoms with Crippen LogP contribution in [0.4, 0.5) is 0 Å². The highest BCUT2D eigenvalue weighted by atomic mass is 16.5. The zero-order chi connectivity index (χ0) is 12.3. The van der Waals surface area contributed by atoms with Crippen molar-refractivity contribution in [1.82, 2.24) is 0 Å². The molecule has 17 heavy (non-hydrogen) atoms. The molecule has 0 radical (unpaired) electrons. The predicted molar refractivity (Wildman–Crippen MR) is 59.7 cm³/mol. The van der Waals surface area contributed by atoms with Gasteiger partial charge in [0.25, 0.3) is 0 Å². The van der Waals surface area contributed by atoms with E-state index in [9.17, 15) is 4.79 Å². The quantitative estimate of drug-likeness (QED) is 0.728. The highest BCUT2D eigenvalue weighted by Crippen LogP contribution is 2.29. The second kappa shape index (κ2) is 4.71. The van der Waals surface area contributed by atoms with E-state index < -0.39 is 5.97 Å². The lowest BCUT2D eigenvalue weighted by molar-refractivity contribution is -0.145. The number of rotatable bonds is 2. The summed E-state index contributed by atoms with van der Waals surface area (Å²) < 4.78 is 10.3. The molecule has 0 bridgehead atoms. The first-order chi connectivity index (χ1) is 8.22. The summed E-state index contributed by atoms with van der Waals surface area (Å²) in [7, 11) is 1.53. The Morgan fingerprint density at radius 2 is 2.12 bits per heavy atom. The van der Waals surface area contributed by atoms with Crippen LogP contribution >= 0.6 is 0 Å². The van der Waals surface area contributed by atoms with E-state index in [1.54, 1.807) is 24.3 Å². The average molecular weight is 229 g/mol. The predicted octanol–water partition coefficient (Wildman–Crippen LogP) is 2.08. The van der Waals surface area contributed by atoms with E-state index in [1.165, 1.54) is 13.2 Å². The largest absolute Gasteiger partial charge is 0.501 e.